The number of para-hydroxylation sites is 1. The van der Waals surface area contributed by atoms with Crippen molar-refractivity contribution in [3.63, 3.8) is 0 Å². The van der Waals surface area contributed by atoms with Crippen LogP contribution in [0, 0.1) is 0 Å². The molecular formula is C16H25N3O. The Morgan fingerprint density at radius 2 is 2.15 bits per heavy atom. The molecule has 0 aliphatic carbocycles. The molecule has 1 aliphatic heterocycles. The van der Waals surface area contributed by atoms with Gasteiger partial charge in [0.15, 0.2) is 0 Å². The van der Waals surface area contributed by atoms with Gasteiger partial charge in [-0.15, -0.1) is 0 Å². The number of carbonyl (C=O) groups excluding carboxylic acids is 1. The largest absolute Gasteiger partial charge is 0.360 e. The SMILES string of the molecule is CCC(C)(C)NC(=O)CN1CC(N)Cc2ccccc21. The second kappa shape index (κ2) is 5.83. The third-order valence-electron chi connectivity index (χ3n) is 3.97. The number of hydrogen-bond acceptors (Lipinski definition) is 3. The minimum absolute atomic E-state index is 0.0563. The van der Waals surface area contributed by atoms with Crippen molar-refractivity contribution in [2.24, 2.45) is 5.73 Å². The minimum atomic E-state index is -0.158. The van der Waals surface area contributed by atoms with Crippen LogP contribution in [0.5, 0.6) is 0 Å². The van der Waals surface area contributed by atoms with Crippen LogP contribution in [0.2, 0.25) is 0 Å². The summed E-state index contributed by atoms with van der Waals surface area (Å²) in [5.41, 5.74) is 8.31. The molecule has 0 saturated heterocycles. The number of carbonyl (C=O) groups is 1. The van der Waals surface area contributed by atoms with Gasteiger partial charge >= 0.3 is 0 Å². The fourth-order valence-corrected chi connectivity index (χ4v) is 2.55. The quantitative estimate of drug-likeness (QED) is 0.879. The number of nitrogens with one attached hydrogen (secondary N) is 1. The van der Waals surface area contributed by atoms with E-state index < -0.39 is 0 Å². The molecule has 0 bridgehead atoms. The molecule has 3 N–H and O–H groups in total. The van der Waals surface area contributed by atoms with E-state index in [1.807, 2.05) is 26.0 Å². The van der Waals surface area contributed by atoms with Gasteiger partial charge in [0.05, 0.1) is 6.54 Å². The van der Waals surface area contributed by atoms with E-state index in [4.69, 9.17) is 5.73 Å². The second-order valence-electron chi connectivity index (χ2n) is 6.26. The van der Waals surface area contributed by atoms with Crippen LogP contribution in [-0.4, -0.2) is 30.6 Å². The zero-order chi connectivity index (χ0) is 14.8. The van der Waals surface area contributed by atoms with E-state index in [1.54, 1.807) is 0 Å². The van der Waals surface area contributed by atoms with Crippen LogP contribution in [0.4, 0.5) is 5.69 Å². The molecule has 4 nitrogen and oxygen atoms in total. The van der Waals surface area contributed by atoms with Crippen LogP contribution in [0.15, 0.2) is 24.3 Å². The number of anilines is 1. The summed E-state index contributed by atoms with van der Waals surface area (Å²) in [5, 5.41) is 3.08. The molecule has 1 unspecified atom stereocenters. The average molecular weight is 275 g/mol. The molecule has 110 valence electrons. The molecular weight excluding hydrogens is 250 g/mol. The zero-order valence-corrected chi connectivity index (χ0v) is 12.6. The number of benzene rings is 1. The van der Waals surface area contributed by atoms with Gasteiger partial charge in [0.25, 0.3) is 0 Å². The third-order valence-corrected chi connectivity index (χ3v) is 3.97. The van der Waals surface area contributed by atoms with Crippen molar-refractivity contribution in [2.75, 3.05) is 18.0 Å². The molecule has 0 spiro atoms. The Bertz CT molecular complexity index is 484. The Morgan fingerprint density at radius 1 is 1.45 bits per heavy atom. The number of rotatable bonds is 4. The van der Waals surface area contributed by atoms with Crippen LogP contribution in [-0.2, 0) is 11.2 Å². The van der Waals surface area contributed by atoms with Gasteiger partial charge in [0.2, 0.25) is 5.91 Å². The number of amides is 1. The first kappa shape index (κ1) is 14.9. The number of nitrogens with two attached hydrogens (primary N) is 1. The van der Waals surface area contributed by atoms with Gasteiger partial charge in [-0.05, 0) is 38.3 Å². The van der Waals surface area contributed by atoms with Crippen LogP contribution in [0.25, 0.3) is 0 Å². The molecule has 1 aromatic carbocycles. The maximum Gasteiger partial charge on any atom is 0.239 e. The van der Waals surface area contributed by atoms with Gasteiger partial charge in [0.1, 0.15) is 0 Å². The highest BCUT2D eigenvalue weighted by Crippen LogP contribution is 2.26. The summed E-state index contributed by atoms with van der Waals surface area (Å²) in [6, 6.07) is 8.29. The Kier molecular flexibility index (Phi) is 4.33. The van der Waals surface area contributed by atoms with Gasteiger partial charge in [-0.3, -0.25) is 4.79 Å². The lowest BCUT2D eigenvalue weighted by atomic mass is 9.98. The summed E-state index contributed by atoms with van der Waals surface area (Å²) in [5.74, 6) is 0.0563. The van der Waals surface area contributed by atoms with Crippen molar-refractivity contribution in [3.8, 4) is 0 Å². The number of nitrogens with zero attached hydrogens (tertiary/aromatic N) is 1. The first-order valence-electron chi connectivity index (χ1n) is 7.31. The maximum atomic E-state index is 12.2. The second-order valence-corrected chi connectivity index (χ2v) is 6.26. The fourth-order valence-electron chi connectivity index (χ4n) is 2.55. The summed E-state index contributed by atoms with van der Waals surface area (Å²) in [6.07, 6.45) is 1.80. The van der Waals surface area contributed by atoms with Gasteiger partial charge in [-0.1, -0.05) is 25.1 Å². The first-order chi connectivity index (χ1) is 9.41. The Balaban J connectivity index is 2.08. The van der Waals surface area contributed by atoms with Gasteiger partial charge in [-0.25, -0.2) is 0 Å². The lowest BCUT2D eigenvalue weighted by molar-refractivity contribution is -0.121. The van der Waals surface area contributed by atoms with E-state index in [0.717, 1.165) is 25.1 Å². The molecule has 20 heavy (non-hydrogen) atoms. The summed E-state index contributed by atoms with van der Waals surface area (Å²) in [4.78, 5) is 14.3. The Hall–Kier alpha value is -1.55. The predicted molar refractivity (Wildman–Crippen MR) is 82.8 cm³/mol. The summed E-state index contributed by atoms with van der Waals surface area (Å²) in [6.45, 7) is 7.26. The topological polar surface area (TPSA) is 58.4 Å². The fraction of sp³-hybridized carbons (Fsp3) is 0.562. The molecule has 0 aromatic heterocycles. The molecule has 0 saturated carbocycles. The van der Waals surface area contributed by atoms with E-state index in [1.165, 1.54) is 5.56 Å². The molecule has 1 atom stereocenters. The van der Waals surface area contributed by atoms with Crippen molar-refractivity contribution in [2.45, 2.75) is 45.2 Å². The third kappa shape index (κ3) is 3.51. The molecule has 0 radical (unpaired) electrons. The van der Waals surface area contributed by atoms with E-state index in [2.05, 4.69) is 29.3 Å². The summed E-state index contributed by atoms with van der Waals surface area (Å²) < 4.78 is 0. The van der Waals surface area contributed by atoms with Gasteiger partial charge in [-0.2, -0.15) is 0 Å². The van der Waals surface area contributed by atoms with Crippen molar-refractivity contribution in [3.05, 3.63) is 29.8 Å². The lowest BCUT2D eigenvalue weighted by Crippen LogP contribution is -2.51. The first-order valence-corrected chi connectivity index (χ1v) is 7.31. The van der Waals surface area contributed by atoms with Crippen molar-refractivity contribution in [1.82, 2.24) is 5.32 Å². The van der Waals surface area contributed by atoms with E-state index in [0.29, 0.717) is 6.54 Å². The van der Waals surface area contributed by atoms with Crippen LogP contribution >= 0.6 is 0 Å². The lowest BCUT2D eigenvalue weighted by Gasteiger charge is -2.35. The molecule has 2 rings (SSSR count). The molecule has 1 amide bonds. The normalized spacial score (nSPS) is 18.6. The Labute approximate surface area is 121 Å². The molecule has 1 aliphatic rings. The van der Waals surface area contributed by atoms with E-state index >= 15 is 0 Å². The number of hydrogen-bond donors (Lipinski definition) is 2. The minimum Gasteiger partial charge on any atom is -0.360 e. The predicted octanol–water partition coefficient (Wildman–Crippen LogP) is 1.68. The average Bonchev–Trinajstić information content (AvgIpc) is 2.37. The maximum absolute atomic E-state index is 12.2. The van der Waals surface area contributed by atoms with Crippen molar-refractivity contribution in [1.29, 1.82) is 0 Å². The van der Waals surface area contributed by atoms with Crippen LogP contribution in [0.3, 0.4) is 0 Å². The van der Waals surface area contributed by atoms with Gasteiger partial charge < -0.3 is 16.0 Å². The van der Waals surface area contributed by atoms with Crippen LogP contribution < -0.4 is 16.0 Å². The molecule has 1 heterocycles. The monoisotopic (exact) mass is 275 g/mol. The van der Waals surface area contributed by atoms with Crippen LogP contribution in [0.1, 0.15) is 32.8 Å². The highest BCUT2D eigenvalue weighted by atomic mass is 16.2. The van der Waals surface area contributed by atoms with E-state index in [9.17, 15) is 4.79 Å². The highest BCUT2D eigenvalue weighted by molar-refractivity contribution is 5.82. The summed E-state index contributed by atoms with van der Waals surface area (Å²) >= 11 is 0. The van der Waals surface area contributed by atoms with Gasteiger partial charge in [0, 0.05) is 23.8 Å². The molecule has 1 aromatic rings. The zero-order valence-electron chi connectivity index (χ0n) is 12.6. The number of fused-ring (bicyclic) bond motifs is 1. The van der Waals surface area contributed by atoms with E-state index in [-0.39, 0.29) is 17.5 Å². The summed E-state index contributed by atoms with van der Waals surface area (Å²) in [7, 11) is 0. The molecule has 0 fully saturated rings. The highest BCUT2D eigenvalue weighted by Gasteiger charge is 2.25. The molecule has 4 heteroatoms. The Morgan fingerprint density at radius 3 is 2.85 bits per heavy atom. The van der Waals surface area contributed by atoms with Crippen molar-refractivity contribution >= 4 is 11.6 Å². The standard InChI is InChI=1S/C16H25N3O/c1-4-16(2,3)18-15(20)11-19-10-13(17)9-12-7-5-6-8-14(12)19/h5-8,13H,4,9-11,17H2,1-3H3,(H,18,20). The van der Waals surface area contributed by atoms with Crippen molar-refractivity contribution < 1.29 is 4.79 Å². The smallest absolute Gasteiger partial charge is 0.239 e.